The van der Waals surface area contributed by atoms with Gasteiger partial charge in [0.15, 0.2) is 18.3 Å². The zero-order valence-electron chi connectivity index (χ0n) is 12.1. The van der Waals surface area contributed by atoms with Crippen LogP contribution in [0.2, 0.25) is 0 Å². The van der Waals surface area contributed by atoms with Gasteiger partial charge in [0.1, 0.15) is 5.76 Å². The van der Waals surface area contributed by atoms with E-state index >= 15 is 0 Å². The highest BCUT2D eigenvalue weighted by Gasteiger charge is 2.22. The summed E-state index contributed by atoms with van der Waals surface area (Å²) < 4.78 is 19.9. The summed E-state index contributed by atoms with van der Waals surface area (Å²) in [6.45, 7) is 10.3. The third kappa shape index (κ3) is 6.24. The smallest absolute Gasteiger partial charge is 0.347 e. The van der Waals surface area contributed by atoms with Crippen LogP contribution in [0.3, 0.4) is 0 Å². The molecule has 0 spiro atoms. The summed E-state index contributed by atoms with van der Waals surface area (Å²) in [6, 6.07) is 0. The lowest BCUT2D eigenvalue weighted by molar-refractivity contribution is -0.161. The zero-order chi connectivity index (χ0) is 15.0. The van der Waals surface area contributed by atoms with E-state index in [1.165, 1.54) is 14.0 Å². The van der Waals surface area contributed by atoms with Gasteiger partial charge in [-0.15, -0.1) is 0 Å². The van der Waals surface area contributed by atoms with E-state index in [0.717, 1.165) is 0 Å². The number of esters is 2. The van der Waals surface area contributed by atoms with Gasteiger partial charge in [-0.25, -0.2) is 9.59 Å². The molecule has 0 bridgehead atoms. The second kappa shape index (κ2) is 8.53. The standard InChI is InChI=1S/C13H22O6/c1-7-17-12(14)11(5)18-8(2)9(3)19-13(15)10(4)16-6/h9-11H,2,7H2,1,3-6H3/t9-,10-,11-/m1/s1. The van der Waals surface area contributed by atoms with Gasteiger partial charge in [0.2, 0.25) is 0 Å². The monoisotopic (exact) mass is 274 g/mol. The molecule has 3 atom stereocenters. The molecule has 0 aromatic carbocycles. The summed E-state index contributed by atoms with van der Waals surface area (Å²) in [5.41, 5.74) is 0. The van der Waals surface area contributed by atoms with Crippen molar-refractivity contribution in [1.29, 1.82) is 0 Å². The summed E-state index contributed by atoms with van der Waals surface area (Å²) in [4.78, 5) is 22.8. The minimum Gasteiger partial charge on any atom is -0.480 e. The van der Waals surface area contributed by atoms with Crippen LogP contribution in [-0.4, -0.2) is 44.0 Å². The molecule has 19 heavy (non-hydrogen) atoms. The Morgan fingerprint density at radius 1 is 1.00 bits per heavy atom. The average Bonchev–Trinajstić information content (AvgIpc) is 2.37. The molecule has 0 N–H and O–H groups in total. The minimum absolute atomic E-state index is 0.178. The molecule has 0 aromatic rings. The van der Waals surface area contributed by atoms with Crippen molar-refractivity contribution >= 4 is 11.9 Å². The van der Waals surface area contributed by atoms with E-state index < -0.39 is 30.3 Å². The van der Waals surface area contributed by atoms with Gasteiger partial charge in [0.25, 0.3) is 0 Å². The van der Waals surface area contributed by atoms with Crippen LogP contribution in [0.25, 0.3) is 0 Å². The van der Waals surface area contributed by atoms with Crippen molar-refractivity contribution in [2.75, 3.05) is 13.7 Å². The normalized spacial score (nSPS) is 15.0. The molecule has 0 amide bonds. The third-order valence-corrected chi connectivity index (χ3v) is 2.38. The van der Waals surface area contributed by atoms with Crippen molar-refractivity contribution in [3.63, 3.8) is 0 Å². The number of carbonyl (C=O) groups excluding carboxylic acids is 2. The predicted octanol–water partition coefficient (Wildman–Crippen LogP) is 1.43. The van der Waals surface area contributed by atoms with Crippen molar-refractivity contribution in [3.05, 3.63) is 12.3 Å². The van der Waals surface area contributed by atoms with E-state index in [4.69, 9.17) is 18.9 Å². The fraction of sp³-hybridized carbons (Fsp3) is 0.692. The molecule has 6 nitrogen and oxygen atoms in total. The molecule has 0 radical (unpaired) electrons. The highest BCUT2D eigenvalue weighted by molar-refractivity contribution is 5.75. The van der Waals surface area contributed by atoms with Crippen LogP contribution in [0.1, 0.15) is 27.7 Å². The van der Waals surface area contributed by atoms with Gasteiger partial charge in [0.05, 0.1) is 6.61 Å². The quantitative estimate of drug-likeness (QED) is 0.492. The molecule has 0 aliphatic carbocycles. The van der Waals surface area contributed by atoms with Gasteiger partial charge in [-0.1, -0.05) is 6.58 Å². The molecule has 0 aliphatic rings. The van der Waals surface area contributed by atoms with Crippen LogP contribution in [0, 0.1) is 0 Å². The predicted molar refractivity (Wildman–Crippen MR) is 68.3 cm³/mol. The lowest BCUT2D eigenvalue weighted by Crippen LogP contribution is -2.30. The average molecular weight is 274 g/mol. The molecule has 0 aliphatic heterocycles. The number of carbonyl (C=O) groups is 2. The summed E-state index contributed by atoms with van der Waals surface area (Å²) in [5.74, 6) is -0.840. The summed E-state index contributed by atoms with van der Waals surface area (Å²) in [7, 11) is 1.41. The van der Waals surface area contributed by atoms with Gasteiger partial charge in [-0.05, 0) is 27.7 Å². The van der Waals surface area contributed by atoms with E-state index in [1.807, 2.05) is 0 Å². The number of rotatable bonds is 8. The maximum atomic E-state index is 11.5. The number of ether oxygens (including phenoxy) is 4. The van der Waals surface area contributed by atoms with Crippen LogP contribution < -0.4 is 0 Å². The van der Waals surface area contributed by atoms with Crippen molar-refractivity contribution in [3.8, 4) is 0 Å². The van der Waals surface area contributed by atoms with Crippen molar-refractivity contribution in [1.82, 2.24) is 0 Å². The van der Waals surface area contributed by atoms with Gasteiger partial charge in [-0.2, -0.15) is 0 Å². The molecule has 0 fully saturated rings. The Hall–Kier alpha value is -1.56. The van der Waals surface area contributed by atoms with Gasteiger partial charge < -0.3 is 18.9 Å². The Morgan fingerprint density at radius 2 is 1.58 bits per heavy atom. The van der Waals surface area contributed by atoms with E-state index in [2.05, 4.69) is 6.58 Å². The molecule has 6 heteroatoms. The molecular weight excluding hydrogens is 252 g/mol. The Bertz CT molecular complexity index is 325. The van der Waals surface area contributed by atoms with Crippen LogP contribution in [0.15, 0.2) is 12.3 Å². The molecule has 0 rings (SSSR count). The molecule has 0 saturated heterocycles. The summed E-state index contributed by atoms with van der Waals surface area (Å²) >= 11 is 0. The highest BCUT2D eigenvalue weighted by atomic mass is 16.6. The Balaban J connectivity index is 4.27. The first kappa shape index (κ1) is 17.4. The maximum Gasteiger partial charge on any atom is 0.347 e. The first-order valence-corrected chi connectivity index (χ1v) is 6.08. The molecule has 0 heterocycles. The van der Waals surface area contributed by atoms with E-state index in [1.54, 1.807) is 20.8 Å². The molecule has 0 aromatic heterocycles. The highest BCUT2D eigenvalue weighted by Crippen LogP contribution is 2.11. The number of methoxy groups -OCH3 is 1. The Labute approximate surface area is 113 Å². The second-order valence-electron chi connectivity index (χ2n) is 3.94. The number of hydrogen-bond acceptors (Lipinski definition) is 6. The largest absolute Gasteiger partial charge is 0.480 e. The van der Waals surface area contributed by atoms with E-state index in [0.29, 0.717) is 0 Å². The van der Waals surface area contributed by atoms with Crippen molar-refractivity contribution in [2.24, 2.45) is 0 Å². The second-order valence-corrected chi connectivity index (χ2v) is 3.94. The van der Waals surface area contributed by atoms with Crippen molar-refractivity contribution in [2.45, 2.75) is 46.0 Å². The third-order valence-electron chi connectivity index (χ3n) is 2.38. The van der Waals surface area contributed by atoms with Crippen LogP contribution >= 0.6 is 0 Å². The van der Waals surface area contributed by atoms with Gasteiger partial charge in [0, 0.05) is 7.11 Å². The summed E-state index contributed by atoms with van der Waals surface area (Å²) in [6.07, 6.45) is -2.15. The van der Waals surface area contributed by atoms with E-state index in [9.17, 15) is 9.59 Å². The molecular formula is C13H22O6. The summed E-state index contributed by atoms with van der Waals surface area (Å²) in [5, 5.41) is 0. The van der Waals surface area contributed by atoms with Crippen LogP contribution in [0.4, 0.5) is 0 Å². The SMILES string of the molecule is C=C(O[C@H](C)C(=O)OCC)[C@@H](C)OC(=O)[C@@H](C)OC. The zero-order valence-corrected chi connectivity index (χ0v) is 12.1. The first-order valence-electron chi connectivity index (χ1n) is 6.08. The first-order chi connectivity index (χ1) is 8.83. The van der Waals surface area contributed by atoms with Crippen LogP contribution in [0.5, 0.6) is 0 Å². The topological polar surface area (TPSA) is 71.1 Å². The van der Waals surface area contributed by atoms with Gasteiger partial charge >= 0.3 is 11.9 Å². The fourth-order valence-electron chi connectivity index (χ4n) is 1.06. The molecule has 110 valence electrons. The fourth-order valence-corrected chi connectivity index (χ4v) is 1.06. The lowest BCUT2D eigenvalue weighted by atomic mass is 10.3. The lowest BCUT2D eigenvalue weighted by Gasteiger charge is -2.21. The Kier molecular flexibility index (Phi) is 7.83. The Morgan fingerprint density at radius 3 is 2.05 bits per heavy atom. The molecule has 0 saturated carbocycles. The number of hydrogen-bond donors (Lipinski definition) is 0. The van der Waals surface area contributed by atoms with Gasteiger partial charge in [-0.3, -0.25) is 0 Å². The van der Waals surface area contributed by atoms with Crippen molar-refractivity contribution < 1.29 is 28.5 Å². The molecule has 0 unspecified atom stereocenters. The minimum atomic E-state index is -0.798. The van der Waals surface area contributed by atoms with E-state index in [-0.39, 0.29) is 12.4 Å². The van der Waals surface area contributed by atoms with Crippen LogP contribution in [-0.2, 0) is 28.5 Å². The maximum absolute atomic E-state index is 11.5.